The Labute approximate surface area is 169 Å². The summed E-state index contributed by atoms with van der Waals surface area (Å²) in [5.41, 5.74) is 3.33. The molecule has 1 saturated heterocycles. The van der Waals surface area contributed by atoms with Crippen molar-refractivity contribution in [2.24, 2.45) is 5.92 Å². The van der Waals surface area contributed by atoms with Crippen LogP contribution in [0.5, 0.6) is 0 Å². The van der Waals surface area contributed by atoms with Gasteiger partial charge in [0.2, 0.25) is 0 Å². The third kappa shape index (κ3) is 4.33. The molecule has 1 unspecified atom stereocenters. The van der Waals surface area contributed by atoms with Gasteiger partial charge < -0.3 is 15.0 Å². The SMILES string of the molecule is Cc1cc2nc(C(NCc3ccc(N4CCOCC4)nc3)C(C)C)cc(=O)n2[nH]1. The molecule has 29 heavy (non-hydrogen) atoms. The van der Waals surface area contributed by atoms with Gasteiger partial charge in [-0.3, -0.25) is 9.89 Å². The molecular formula is C21H28N6O2. The molecule has 8 nitrogen and oxygen atoms in total. The van der Waals surface area contributed by atoms with Crippen LogP contribution in [0.25, 0.3) is 5.65 Å². The second-order valence-electron chi connectivity index (χ2n) is 7.88. The molecule has 1 fully saturated rings. The van der Waals surface area contributed by atoms with Gasteiger partial charge in [-0.15, -0.1) is 0 Å². The number of aromatic amines is 1. The molecule has 3 aromatic rings. The summed E-state index contributed by atoms with van der Waals surface area (Å²) < 4.78 is 6.88. The summed E-state index contributed by atoms with van der Waals surface area (Å²) in [4.78, 5) is 24.0. The van der Waals surface area contributed by atoms with E-state index >= 15 is 0 Å². The fraction of sp³-hybridized carbons (Fsp3) is 0.476. The Morgan fingerprint density at radius 1 is 1.24 bits per heavy atom. The zero-order valence-corrected chi connectivity index (χ0v) is 17.2. The molecule has 4 heterocycles. The molecule has 8 heteroatoms. The van der Waals surface area contributed by atoms with E-state index in [-0.39, 0.29) is 17.5 Å². The zero-order valence-electron chi connectivity index (χ0n) is 17.2. The van der Waals surface area contributed by atoms with Crippen LogP contribution >= 0.6 is 0 Å². The molecule has 0 aromatic carbocycles. The first-order valence-corrected chi connectivity index (χ1v) is 10.1. The minimum atomic E-state index is -0.0953. The predicted molar refractivity (Wildman–Crippen MR) is 112 cm³/mol. The number of pyridine rings is 1. The Morgan fingerprint density at radius 3 is 2.72 bits per heavy atom. The van der Waals surface area contributed by atoms with Crippen LogP contribution < -0.4 is 15.8 Å². The van der Waals surface area contributed by atoms with Crippen LogP contribution in [0.3, 0.4) is 0 Å². The van der Waals surface area contributed by atoms with Crippen LogP contribution in [0.1, 0.15) is 36.8 Å². The fourth-order valence-electron chi connectivity index (χ4n) is 3.70. The number of morpholine rings is 1. The van der Waals surface area contributed by atoms with Crippen LogP contribution in [0, 0.1) is 12.8 Å². The van der Waals surface area contributed by atoms with Gasteiger partial charge in [0.1, 0.15) is 5.82 Å². The average molecular weight is 396 g/mol. The summed E-state index contributed by atoms with van der Waals surface area (Å²) >= 11 is 0. The topological polar surface area (TPSA) is 87.5 Å². The van der Waals surface area contributed by atoms with E-state index in [9.17, 15) is 4.79 Å². The van der Waals surface area contributed by atoms with E-state index < -0.39 is 0 Å². The Morgan fingerprint density at radius 2 is 2.03 bits per heavy atom. The summed E-state index contributed by atoms with van der Waals surface area (Å²) in [6, 6.07) is 7.63. The van der Waals surface area contributed by atoms with Crippen molar-refractivity contribution in [1.82, 2.24) is 24.9 Å². The Hall–Kier alpha value is -2.71. The first-order chi connectivity index (χ1) is 14.0. The molecule has 1 atom stereocenters. The molecule has 0 radical (unpaired) electrons. The summed E-state index contributed by atoms with van der Waals surface area (Å²) in [6.07, 6.45) is 1.91. The van der Waals surface area contributed by atoms with Crippen molar-refractivity contribution in [1.29, 1.82) is 0 Å². The van der Waals surface area contributed by atoms with E-state index in [0.29, 0.717) is 12.2 Å². The lowest BCUT2D eigenvalue weighted by molar-refractivity contribution is 0.122. The highest BCUT2D eigenvalue weighted by atomic mass is 16.5. The van der Waals surface area contributed by atoms with Gasteiger partial charge in [0.05, 0.1) is 24.9 Å². The first kappa shape index (κ1) is 19.6. The quantitative estimate of drug-likeness (QED) is 0.663. The van der Waals surface area contributed by atoms with Crippen molar-refractivity contribution in [2.45, 2.75) is 33.4 Å². The van der Waals surface area contributed by atoms with Gasteiger partial charge in [0.15, 0.2) is 5.65 Å². The highest BCUT2D eigenvalue weighted by molar-refractivity contribution is 5.40. The first-order valence-electron chi connectivity index (χ1n) is 10.1. The number of aryl methyl sites for hydroxylation is 1. The van der Waals surface area contributed by atoms with Crippen molar-refractivity contribution in [3.63, 3.8) is 0 Å². The number of hydrogen-bond donors (Lipinski definition) is 2. The normalized spacial score (nSPS) is 15.9. The number of fused-ring (bicyclic) bond motifs is 1. The summed E-state index contributed by atoms with van der Waals surface area (Å²) in [5.74, 6) is 1.27. The van der Waals surface area contributed by atoms with E-state index in [4.69, 9.17) is 9.72 Å². The molecule has 1 aliphatic heterocycles. The minimum Gasteiger partial charge on any atom is -0.378 e. The summed E-state index contributed by atoms with van der Waals surface area (Å²) in [7, 11) is 0. The lowest BCUT2D eigenvalue weighted by Gasteiger charge is -2.28. The number of H-pyrrole nitrogens is 1. The van der Waals surface area contributed by atoms with Crippen LogP contribution in [0.4, 0.5) is 5.82 Å². The standard InChI is InChI=1S/C21H28N6O2/c1-14(2)21(17-11-20(28)27-19(24-17)10-15(3)25-27)23-13-16-4-5-18(22-12-16)26-6-8-29-9-7-26/h4-5,10-12,14,21,23,25H,6-9,13H2,1-3H3. The smallest absolute Gasteiger partial charge is 0.272 e. The molecule has 3 aromatic heterocycles. The third-order valence-corrected chi connectivity index (χ3v) is 5.25. The van der Waals surface area contributed by atoms with E-state index in [1.807, 2.05) is 19.2 Å². The molecule has 0 aliphatic carbocycles. The molecular weight excluding hydrogens is 368 g/mol. The Bertz CT molecular complexity index is 1020. The predicted octanol–water partition coefficient (Wildman–Crippen LogP) is 2.05. The van der Waals surface area contributed by atoms with E-state index in [2.05, 4.69) is 46.3 Å². The maximum absolute atomic E-state index is 12.4. The molecule has 0 spiro atoms. The van der Waals surface area contributed by atoms with Crippen LogP contribution in [-0.4, -0.2) is 45.9 Å². The number of aromatic nitrogens is 4. The minimum absolute atomic E-state index is 0.0261. The van der Waals surface area contributed by atoms with E-state index in [0.717, 1.165) is 49.1 Å². The van der Waals surface area contributed by atoms with Gasteiger partial charge >= 0.3 is 0 Å². The average Bonchev–Trinajstić information content (AvgIpc) is 3.10. The molecule has 154 valence electrons. The van der Waals surface area contributed by atoms with Gasteiger partial charge in [-0.2, -0.15) is 0 Å². The Kier molecular flexibility index (Phi) is 5.64. The molecule has 1 aliphatic rings. The number of hydrogen-bond acceptors (Lipinski definition) is 6. The van der Waals surface area contributed by atoms with Crippen molar-refractivity contribution in [3.05, 3.63) is 57.8 Å². The largest absolute Gasteiger partial charge is 0.378 e. The van der Waals surface area contributed by atoms with Crippen molar-refractivity contribution in [3.8, 4) is 0 Å². The monoisotopic (exact) mass is 396 g/mol. The molecule has 2 N–H and O–H groups in total. The molecule has 0 bridgehead atoms. The van der Waals surface area contributed by atoms with Gasteiger partial charge in [0, 0.05) is 43.7 Å². The number of nitrogens with zero attached hydrogens (tertiary/aromatic N) is 4. The third-order valence-electron chi connectivity index (χ3n) is 5.25. The molecule has 0 amide bonds. The van der Waals surface area contributed by atoms with Crippen LogP contribution in [-0.2, 0) is 11.3 Å². The fourth-order valence-corrected chi connectivity index (χ4v) is 3.70. The molecule has 0 saturated carbocycles. The lowest BCUT2D eigenvalue weighted by atomic mass is 10.0. The number of ether oxygens (including phenoxy) is 1. The van der Waals surface area contributed by atoms with Crippen LogP contribution in [0.15, 0.2) is 35.3 Å². The molecule has 4 rings (SSSR count). The number of rotatable bonds is 6. The van der Waals surface area contributed by atoms with E-state index in [1.165, 1.54) is 4.52 Å². The maximum atomic E-state index is 12.4. The Balaban J connectivity index is 1.48. The maximum Gasteiger partial charge on any atom is 0.272 e. The highest BCUT2D eigenvalue weighted by Gasteiger charge is 2.19. The van der Waals surface area contributed by atoms with Gasteiger partial charge in [-0.25, -0.2) is 14.5 Å². The zero-order chi connectivity index (χ0) is 20.4. The second-order valence-corrected chi connectivity index (χ2v) is 7.88. The van der Waals surface area contributed by atoms with Crippen molar-refractivity contribution >= 4 is 11.5 Å². The van der Waals surface area contributed by atoms with Gasteiger partial charge in [-0.1, -0.05) is 19.9 Å². The summed E-state index contributed by atoms with van der Waals surface area (Å²) in [6.45, 7) is 10.1. The summed E-state index contributed by atoms with van der Waals surface area (Å²) in [5, 5.41) is 6.57. The van der Waals surface area contributed by atoms with Gasteiger partial charge in [0.25, 0.3) is 5.56 Å². The number of nitrogens with one attached hydrogen (secondary N) is 2. The van der Waals surface area contributed by atoms with Crippen LogP contribution in [0.2, 0.25) is 0 Å². The van der Waals surface area contributed by atoms with E-state index in [1.54, 1.807) is 6.07 Å². The van der Waals surface area contributed by atoms with Crippen molar-refractivity contribution < 1.29 is 4.74 Å². The lowest BCUT2D eigenvalue weighted by Crippen LogP contribution is -2.36. The van der Waals surface area contributed by atoms with Crippen molar-refractivity contribution in [2.75, 3.05) is 31.2 Å². The van der Waals surface area contributed by atoms with Gasteiger partial charge in [-0.05, 0) is 24.5 Å². The highest BCUT2D eigenvalue weighted by Crippen LogP contribution is 2.21. The number of anilines is 1. The second kappa shape index (κ2) is 8.34.